The predicted octanol–water partition coefficient (Wildman–Crippen LogP) is 2.28. The van der Waals surface area contributed by atoms with Crippen LogP contribution in [0.5, 0.6) is 11.5 Å². The molecular formula is C19H17N5O4S. The Balaban J connectivity index is 1.55. The summed E-state index contributed by atoms with van der Waals surface area (Å²) in [5.41, 5.74) is 1.16. The number of carbonyl (C=O) groups excluding carboxylic acids is 1. The van der Waals surface area contributed by atoms with E-state index in [1.54, 1.807) is 24.3 Å². The number of fused-ring (bicyclic) bond motifs is 1. The summed E-state index contributed by atoms with van der Waals surface area (Å²) < 4.78 is 12.9. The maximum atomic E-state index is 12.7. The first-order chi connectivity index (χ1) is 14.1. The summed E-state index contributed by atoms with van der Waals surface area (Å²) in [4.78, 5) is 26.1. The van der Waals surface area contributed by atoms with Gasteiger partial charge in [-0.15, -0.1) is 11.3 Å². The molecule has 0 saturated carbocycles. The first kappa shape index (κ1) is 18.7. The second-order valence-corrected chi connectivity index (χ2v) is 7.00. The van der Waals surface area contributed by atoms with E-state index >= 15 is 0 Å². The lowest BCUT2D eigenvalue weighted by Crippen LogP contribution is -2.30. The smallest absolute Gasteiger partial charge is 0.293 e. The van der Waals surface area contributed by atoms with Gasteiger partial charge >= 0.3 is 0 Å². The van der Waals surface area contributed by atoms with E-state index < -0.39 is 11.5 Å². The summed E-state index contributed by atoms with van der Waals surface area (Å²) in [5.74, 6) is 0.646. The van der Waals surface area contributed by atoms with Gasteiger partial charge in [0, 0.05) is 11.8 Å². The van der Waals surface area contributed by atoms with Crippen molar-refractivity contribution in [3.05, 3.63) is 58.5 Å². The molecule has 0 atom stereocenters. The zero-order valence-corrected chi connectivity index (χ0v) is 16.5. The number of carbonyl (C=O) groups is 1. The van der Waals surface area contributed by atoms with E-state index in [2.05, 4.69) is 15.5 Å². The minimum Gasteiger partial charge on any atom is -0.493 e. The van der Waals surface area contributed by atoms with Crippen molar-refractivity contribution < 1.29 is 14.3 Å². The molecule has 3 heterocycles. The Bertz CT molecular complexity index is 1230. The highest BCUT2D eigenvalue weighted by atomic mass is 32.1. The third-order valence-electron chi connectivity index (χ3n) is 4.22. The number of amides is 1. The predicted molar refractivity (Wildman–Crippen MR) is 109 cm³/mol. The van der Waals surface area contributed by atoms with Crippen LogP contribution in [0.1, 0.15) is 0 Å². The molecule has 0 aliphatic rings. The third-order valence-corrected chi connectivity index (χ3v) is 5.12. The Labute approximate surface area is 169 Å². The number of thiophene rings is 1. The number of nitrogens with zero attached hydrogens (tertiary/aromatic N) is 4. The van der Waals surface area contributed by atoms with Crippen LogP contribution in [0.4, 0.5) is 5.69 Å². The minimum atomic E-state index is -0.398. The van der Waals surface area contributed by atoms with Gasteiger partial charge in [0.05, 0.1) is 19.1 Å². The second-order valence-electron chi connectivity index (χ2n) is 6.05. The molecule has 0 fully saturated rings. The Hall–Kier alpha value is -3.66. The Kier molecular flexibility index (Phi) is 5.00. The number of methoxy groups -OCH3 is 2. The number of anilines is 1. The Morgan fingerprint density at radius 2 is 2.00 bits per heavy atom. The molecule has 29 heavy (non-hydrogen) atoms. The van der Waals surface area contributed by atoms with Crippen LogP contribution in [0.25, 0.3) is 16.1 Å². The largest absolute Gasteiger partial charge is 0.493 e. The summed E-state index contributed by atoms with van der Waals surface area (Å²) in [6, 6.07) is 10.5. The van der Waals surface area contributed by atoms with Gasteiger partial charge in [-0.25, -0.2) is 9.20 Å². The molecule has 0 bridgehead atoms. The van der Waals surface area contributed by atoms with Crippen LogP contribution in [-0.2, 0) is 11.3 Å². The summed E-state index contributed by atoms with van der Waals surface area (Å²) in [6.07, 6.45) is 1.41. The van der Waals surface area contributed by atoms with Crippen LogP contribution >= 0.6 is 11.3 Å². The standard InChI is InChI=1S/C19H17N5O4S/c1-27-15-6-5-12(8-16(15)28-2)21-18(25)10-23-19(26)14-9-13(17-4-3-7-29-17)22-24(14)11-20-23/h3-9,11H,10H2,1-2H3,(H,21,25). The average molecular weight is 411 g/mol. The molecule has 0 aliphatic heterocycles. The van der Waals surface area contributed by atoms with Crippen molar-refractivity contribution in [2.45, 2.75) is 6.54 Å². The van der Waals surface area contributed by atoms with Crippen LogP contribution < -0.4 is 20.3 Å². The lowest BCUT2D eigenvalue weighted by molar-refractivity contribution is -0.117. The third kappa shape index (κ3) is 3.69. The van der Waals surface area contributed by atoms with E-state index in [0.29, 0.717) is 28.4 Å². The molecule has 0 unspecified atom stereocenters. The number of hydrogen-bond donors (Lipinski definition) is 1. The molecule has 0 aliphatic carbocycles. The van der Waals surface area contributed by atoms with Crippen molar-refractivity contribution >= 4 is 28.4 Å². The van der Waals surface area contributed by atoms with Crippen molar-refractivity contribution in [2.24, 2.45) is 0 Å². The van der Waals surface area contributed by atoms with E-state index in [-0.39, 0.29) is 6.54 Å². The van der Waals surface area contributed by atoms with E-state index in [1.807, 2.05) is 17.5 Å². The first-order valence-corrected chi connectivity index (χ1v) is 9.48. The normalized spacial score (nSPS) is 10.8. The SMILES string of the molecule is COc1ccc(NC(=O)Cn2ncn3nc(-c4cccs4)cc3c2=O)cc1OC. The summed E-state index contributed by atoms with van der Waals surface area (Å²) in [5, 5.41) is 13.1. The molecular weight excluding hydrogens is 394 g/mol. The summed E-state index contributed by atoms with van der Waals surface area (Å²) in [7, 11) is 3.04. The van der Waals surface area contributed by atoms with Gasteiger partial charge in [-0.1, -0.05) is 6.07 Å². The van der Waals surface area contributed by atoms with Crippen molar-refractivity contribution in [2.75, 3.05) is 19.5 Å². The van der Waals surface area contributed by atoms with E-state index in [4.69, 9.17) is 9.47 Å². The van der Waals surface area contributed by atoms with Gasteiger partial charge in [0.2, 0.25) is 5.91 Å². The van der Waals surface area contributed by atoms with Crippen molar-refractivity contribution in [3.63, 3.8) is 0 Å². The number of nitrogens with one attached hydrogen (secondary N) is 1. The van der Waals surface area contributed by atoms with Gasteiger partial charge in [0.15, 0.2) is 11.5 Å². The number of aromatic nitrogens is 4. The van der Waals surface area contributed by atoms with Gasteiger partial charge in [-0.3, -0.25) is 9.59 Å². The van der Waals surface area contributed by atoms with E-state index in [9.17, 15) is 9.59 Å². The molecule has 1 aromatic carbocycles. The molecule has 9 nitrogen and oxygen atoms in total. The maximum Gasteiger partial charge on any atom is 0.293 e. The van der Waals surface area contributed by atoms with Crippen LogP contribution in [0.15, 0.2) is 52.9 Å². The fourth-order valence-corrected chi connectivity index (χ4v) is 3.53. The van der Waals surface area contributed by atoms with Gasteiger partial charge < -0.3 is 14.8 Å². The lowest BCUT2D eigenvalue weighted by Gasteiger charge is -2.11. The molecule has 0 radical (unpaired) electrons. The zero-order chi connectivity index (χ0) is 20.4. The molecule has 148 valence electrons. The molecule has 1 N–H and O–H groups in total. The lowest BCUT2D eigenvalue weighted by atomic mass is 10.2. The van der Waals surface area contributed by atoms with Crippen molar-refractivity contribution in [3.8, 4) is 22.1 Å². The fourth-order valence-electron chi connectivity index (χ4n) is 2.85. The number of benzene rings is 1. The number of ether oxygens (including phenoxy) is 2. The van der Waals surface area contributed by atoms with Crippen LogP contribution in [0, 0.1) is 0 Å². The highest BCUT2D eigenvalue weighted by Crippen LogP contribution is 2.29. The quantitative estimate of drug-likeness (QED) is 0.523. The van der Waals surface area contributed by atoms with E-state index in [0.717, 1.165) is 9.56 Å². The number of hydrogen-bond acceptors (Lipinski definition) is 7. The second kappa shape index (κ2) is 7.76. The summed E-state index contributed by atoms with van der Waals surface area (Å²) >= 11 is 1.53. The topological polar surface area (TPSA) is 99.8 Å². The van der Waals surface area contributed by atoms with Gasteiger partial charge in [-0.05, 0) is 29.6 Å². The van der Waals surface area contributed by atoms with Crippen molar-refractivity contribution in [1.82, 2.24) is 19.4 Å². The highest BCUT2D eigenvalue weighted by Gasteiger charge is 2.13. The zero-order valence-electron chi connectivity index (χ0n) is 15.7. The monoisotopic (exact) mass is 411 g/mol. The Morgan fingerprint density at radius 3 is 2.72 bits per heavy atom. The maximum absolute atomic E-state index is 12.7. The highest BCUT2D eigenvalue weighted by molar-refractivity contribution is 7.13. The van der Waals surface area contributed by atoms with Crippen LogP contribution in [-0.4, -0.2) is 39.5 Å². The Morgan fingerprint density at radius 1 is 1.17 bits per heavy atom. The molecule has 3 aromatic heterocycles. The van der Waals surface area contributed by atoms with Gasteiger partial charge in [0.25, 0.3) is 5.56 Å². The summed E-state index contributed by atoms with van der Waals surface area (Å²) in [6.45, 7) is -0.233. The molecule has 1 amide bonds. The molecule has 0 spiro atoms. The van der Waals surface area contributed by atoms with Crippen LogP contribution in [0.2, 0.25) is 0 Å². The van der Waals surface area contributed by atoms with E-state index in [1.165, 1.54) is 36.4 Å². The first-order valence-electron chi connectivity index (χ1n) is 8.60. The van der Waals surface area contributed by atoms with Gasteiger partial charge in [-0.2, -0.15) is 10.2 Å². The molecule has 10 heteroatoms. The fraction of sp³-hybridized carbons (Fsp3) is 0.158. The number of rotatable bonds is 6. The molecule has 0 saturated heterocycles. The van der Waals surface area contributed by atoms with Gasteiger partial charge in [0.1, 0.15) is 24.1 Å². The van der Waals surface area contributed by atoms with Crippen LogP contribution in [0.3, 0.4) is 0 Å². The average Bonchev–Trinajstić information content (AvgIpc) is 3.40. The minimum absolute atomic E-state index is 0.233. The molecule has 4 rings (SSSR count). The van der Waals surface area contributed by atoms with Crippen molar-refractivity contribution in [1.29, 1.82) is 0 Å². The molecule has 4 aromatic rings.